The molecule has 0 aliphatic carbocycles. The average Bonchev–Trinajstić information content (AvgIpc) is 2.99. The molecule has 8 heteroatoms. The fourth-order valence-corrected chi connectivity index (χ4v) is 2.76. The number of ether oxygens (including phenoxy) is 1. The molecule has 0 atom stereocenters. The molecule has 0 spiro atoms. The summed E-state index contributed by atoms with van der Waals surface area (Å²) in [5, 5.41) is 3.26. The summed E-state index contributed by atoms with van der Waals surface area (Å²) >= 11 is 2.15. The molecule has 19 heavy (non-hydrogen) atoms. The molecule has 0 fully saturated rings. The van der Waals surface area contributed by atoms with Gasteiger partial charge < -0.3 is 10.1 Å². The number of nitrogens with zero attached hydrogens (tertiary/aromatic N) is 2. The predicted octanol–water partition coefficient (Wildman–Crippen LogP) is 2.34. The van der Waals surface area contributed by atoms with E-state index in [1.165, 1.54) is 17.5 Å². The number of thiophene rings is 1. The van der Waals surface area contributed by atoms with Gasteiger partial charge in [-0.05, 0) is 25.5 Å². The van der Waals surface area contributed by atoms with E-state index in [0.29, 0.717) is 16.5 Å². The van der Waals surface area contributed by atoms with Crippen LogP contribution in [0.4, 0.5) is 5.00 Å². The normalized spacial score (nSPS) is 10.2. The third-order valence-corrected chi connectivity index (χ3v) is 3.82. The molecule has 0 unspecified atom stereocenters. The Bertz CT molecular complexity index is 592. The number of hydrogen-bond donors (Lipinski definition) is 1. The summed E-state index contributed by atoms with van der Waals surface area (Å²) in [7, 11) is 0. The van der Waals surface area contributed by atoms with Gasteiger partial charge in [0.05, 0.1) is 29.5 Å². The van der Waals surface area contributed by atoms with Gasteiger partial charge in [-0.25, -0.2) is 4.79 Å². The first-order chi connectivity index (χ1) is 9.11. The summed E-state index contributed by atoms with van der Waals surface area (Å²) < 4.78 is 12.5. The van der Waals surface area contributed by atoms with Crippen molar-refractivity contribution in [2.24, 2.45) is 0 Å². The number of aromatic nitrogens is 2. The molecule has 1 amide bonds. The number of amides is 1. The van der Waals surface area contributed by atoms with Gasteiger partial charge in [0.25, 0.3) is 5.91 Å². The quantitative estimate of drug-likeness (QED) is 0.876. The number of anilines is 1. The molecule has 100 valence electrons. The van der Waals surface area contributed by atoms with E-state index in [1.54, 1.807) is 19.9 Å². The molecule has 2 heterocycles. The number of carbonyl (C=O) groups is 2. The van der Waals surface area contributed by atoms with Crippen LogP contribution in [0.25, 0.3) is 0 Å². The lowest BCUT2D eigenvalue weighted by Crippen LogP contribution is -2.10. The Morgan fingerprint density at radius 1 is 1.47 bits per heavy atom. The number of hydrogen-bond acceptors (Lipinski definition) is 7. The van der Waals surface area contributed by atoms with Crippen molar-refractivity contribution in [3.8, 4) is 0 Å². The SMILES string of the molecule is CCOC(=O)c1sc(NC(=O)c2cnsn2)cc1C. The van der Waals surface area contributed by atoms with Crippen LogP contribution in [0.2, 0.25) is 0 Å². The van der Waals surface area contributed by atoms with E-state index in [4.69, 9.17) is 4.74 Å². The minimum atomic E-state index is -0.374. The van der Waals surface area contributed by atoms with E-state index in [2.05, 4.69) is 14.1 Å². The topological polar surface area (TPSA) is 81.2 Å². The maximum Gasteiger partial charge on any atom is 0.348 e. The first-order valence-corrected chi connectivity index (χ1v) is 7.03. The maximum absolute atomic E-state index is 11.8. The van der Waals surface area contributed by atoms with Gasteiger partial charge in [0, 0.05) is 0 Å². The van der Waals surface area contributed by atoms with Crippen LogP contribution in [0.1, 0.15) is 32.6 Å². The van der Waals surface area contributed by atoms with Gasteiger partial charge in [0.15, 0.2) is 5.69 Å². The highest BCUT2D eigenvalue weighted by Crippen LogP contribution is 2.27. The third-order valence-electron chi connectivity index (χ3n) is 2.21. The van der Waals surface area contributed by atoms with Crippen molar-refractivity contribution < 1.29 is 14.3 Å². The van der Waals surface area contributed by atoms with Crippen molar-refractivity contribution in [1.29, 1.82) is 0 Å². The Kier molecular flexibility index (Phi) is 4.23. The van der Waals surface area contributed by atoms with Gasteiger partial charge in [0.2, 0.25) is 0 Å². The van der Waals surface area contributed by atoms with Gasteiger partial charge in [-0.2, -0.15) is 8.75 Å². The second kappa shape index (κ2) is 5.89. The van der Waals surface area contributed by atoms with E-state index in [-0.39, 0.29) is 17.6 Å². The largest absolute Gasteiger partial charge is 0.462 e. The van der Waals surface area contributed by atoms with E-state index >= 15 is 0 Å². The second-order valence-corrected chi connectivity index (χ2v) is 5.20. The molecule has 1 N–H and O–H groups in total. The molecule has 0 saturated heterocycles. The molecule has 0 saturated carbocycles. The highest BCUT2D eigenvalue weighted by molar-refractivity contribution is 7.18. The lowest BCUT2D eigenvalue weighted by molar-refractivity contribution is 0.0531. The van der Waals surface area contributed by atoms with Gasteiger partial charge >= 0.3 is 5.97 Å². The number of rotatable bonds is 4. The Morgan fingerprint density at radius 2 is 2.26 bits per heavy atom. The van der Waals surface area contributed by atoms with Gasteiger partial charge in [-0.3, -0.25) is 4.79 Å². The molecular weight excluding hydrogens is 286 g/mol. The Hall–Kier alpha value is -1.80. The Balaban J connectivity index is 2.12. The molecule has 2 aromatic heterocycles. The molecule has 0 radical (unpaired) electrons. The van der Waals surface area contributed by atoms with Crippen LogP contribution >= 0.6 is 23.1 Å². The van der Waals surface area contributed by atoms with Crippen molar-refractivity contribution in [2.75, 3.05) is 11.9 Å². The Labute approximate surface area is 117 Å². The molecule has 0 bridgehead atoms. The van der Waals surface area contributed by atoms with Crippen LogP contribution < -0.4 is 5.32 Å². The van der Waals surface area contributed by atoms with Crippen LogP contribution in [-0.4, -0.2) is 27.2 Å². The van der Waals surface area contributed by atoms with Crippen LogP contribution in [0.15, 0.2) is 12.3 Å². The molecule has 2 rings (SSSR count). The van der Waals surface area contributed by atoms with Gasteiger partial charge in [-0.1, -0.05) is 0 Å². The zero-order valence-electron chi connectivity index (χ0n) is 10.3. The van der Waals surface area contributed by atoms with Gasteiger partial charge in [0.1, 0.15) is 4.88 Å². The number of carbonyl (C=O) groups excluding carboxylic acids is 2. The highest BCUT2D eigenvalue weighted by atomic mass is 32.1. The summed E-state index contributed by atoms with van der Waals surface area (Å²) in [5.41, 5.74) is 1.03. The maximum atomic E-state index is 11.8. The highest BCUT2D eigenvalue weighted by Gasteiger charge is 2.17. The fourth-order valence-electron chi connectivity index (χ4n) is 1.38. The van der Waals surface area contributed by atoms with E-state index in [1.807, 2.05) is 0 Å². The minimum Gasteiger partial charge on any atom is -0.462 e. The van der Waals surface area contributed by atoms with E-state index in [0.717, 1.165) is 17.3 Å². The summed E-state index contributed by atoms with van der Waals surface area (Å²) in [5.74, 6) is -0.716. The van der Waals surface area contributed by atoms with Crippen LogP contribution in [-0.2, 0) is 4.74 Å². The minimum absolute atomic E-state index is 0.258. The first kappa shape index (κ1) is 13.6. The first-order valence-electron chi connectivity index (χ1n) is 5.48. The molecule has 0 aliphatic rings. The average molecular weight is 297 g/mol. The van der Waals surface area contributed by atoms with Crippen LogP contribution in [0, 0.1) is 6.92 Å². The molecule has 6 nitrogen and oxygen atoms in total. The second-order valence-electron chi connectivity index (χ2n) is 3.59. The predicted molar refractivity (Wildman–Crippen MR) is 72.9 cm³/mol. The smallest absolute Gasteiger partial charge is 0.348 e. The van der Waals surface area contributed by atoms with Gasteiger partial charge in [-0.15, -0.1) is 11.3 Å². The molecule has 0 aliphatic heterocycles. The van der Waals surface area contributed by atoms with Crippen LogP contribution in [0.5, 0.6) is 0 Å². The molecule has 2 aromatic rings. The molecular formula is C11H11N3O3S2. The fraction of sp³-hybridized carbons (Fsp3) is 0.273. The standard InChI is InChI=1S/C11H11N3O3S2/c1-3-17-11(16)9-6(2)4-8(18-9)13-10(15)7-5-12-19-14-7/h4-5H,3H2,1-2H3,(H,13,15). The van der Waals surface area contributed by atoms with E-state index in [9.17, 15) is 9.59 Å². The Morgan fingerprint density at radius 3 is 2.89 bits per heavy atom. The third kappa shape index (κ3) is 3.15. The van der Waals surface area contributed by atoms with Crippen molar-refractivity contribution in [3.63, 3.8) is 0 Å². The van der Waals surface area contributed by atoms with Crippen molar-refractivity contribution in [1.82, 2.24) is 8.75 Å². The monoisotopic (exact) mass is 297 g/mol. The van der Waals surface area contributed by atoms with Crippen LogP contribution in [0.3, 0.4) is 0 Å². The lowest BCUT2D eigenvalue weighted by atomic mass is 10.3. The number of aryl methyl sites for hydroxylation is 1. The van der Waals surface area contributed by atoms with E-state index < -0.39 is 0 Å². The summed E-state index contributed by atoms with van der Waals surface area (Å²) in [6, 6.07) is 1.73. The van der Waals surface area contributed by atoms with Crippen molar-refractivity contribution >= 4 is 39.9 Å². The van der Waals surface area contributed by atoms with Crippen molar-refractivity contribution in [3.05, 3.63) is 28.4 Å². The zero-order chi connectivity index (χ0) is 13.8. The lowest BCUT2D eigenvalue weighted by Gasteiger charge is -1.99. The summed E-state index contributed by atoms with van der Waals surface area (Å²) in [4.78, 5) is 23.9. The summed E-state index contributed by atoms with van der Waals surface area (Å²) in [6.45, 7) is 3.87. The molecule has 0 aromatic carbocycles. The van der Waals surface area contributed by atoms with Crippen molar-refractivity contribution in [2.45, 2.75) is 13.8 Å². The summed E-state index contributed by atoms with van der Waals surface area (Å²) in [6.07, 6.45) is 1.40. The zero-order valence-corrected chi connectivity index (χ0v) is 11.9. The number of esters is 1. The number of nitrogens with one attached hydrogen (secondary N) is 1.